The summed E-state index contributed by atoms with van der Waals surface area (Å²) in [4.78, 5) is 8.95. The first kappa shape index (κ1) is 11.9. The number of hydrogen-bond donors (Lipinski definition) is 1. The molecule has 0 atom stereocenters. The third-order valence-corrected chi connectivity index (χ3v) is 3.40. The second-order valence-electron chi connectivity index (χ2n) is 4.38. The van der Waals surface area contributed by atoms with Gasteiger partial charge in [-0.05, 0) is 30.7 Å². The van der Waals surface area contributed by atoms with Crippen molar-refractivity contribution in [3.63, 3.8) is 0 Å². The predicted octanol–water partition coefficient (Wildman–Crippen LogP) is 3.84. The molecule has 0 aliphatic rings. The van der Waals surface area contributed by atoms with Gasteiger partial charge in [-0.1, -0.05) is 35.9 Å². The molecular weight excluding hydrogens is 258 g/mol. The summed E-state index contributed by atoms with van der Waals surface area (Å²) in [5.41, 5.74) is 8.75. The molecule has 1 aromatic heterocycles. The molecule has 94 valence electrons. The number of para-hydroxylation sites is 1. The Kier molecular flexibility index (Phi) is 2.84. The lowest BCUT2D eigenvalue weighted by atomic mass is 10.1. The van der Waals surface area contributed by atoms with Gasteiger partial charge in [0, 0.05) is 10.9 Å². The van der Waals surface area contributed by atoms with Crippen LogP contribution in [0.25, 0.3) is 22.3 Å². The first-order valence-corrected chi connectivity index (χ1v) is 6.32. The van der Waals surface area contributed by atoms with E-state index in [0.717, 1.165) is 22.0 Å². The Hall–Kier alpha value is -2.13. The van der Waals surface area contributed by atoms with Gasteiger partial charge >= 0.3 is 0 Å². The van der Waals surface area contributed by atoms with Crippen LogP contribution in [0, 0.1) is 6.92 Å². The SMILES string of the molecule is Cc1cccc2c(N)nc(-c3ccccc3Cl)nc12. The fourth-order valence-electron chi connectivity index (χ4n) is 2.08. The molecule has 2 aromatic carbocycles. The summed E-state index contributed by atoms with van der Waals surface area (Å²) in [6.07, 6.45) is 0. The van der Waals surface area contributed by atoms with Crippen molar-refractivity contribution < 1.29 is 0 Å². The van der Waals surface area contributed by atoms with E-state index in [1.54, 1.807) is 0 Å². The average Bonchev–Trinajstić information content (AvgIpc) is 2.40. The third-order valence-electron chi connectivity index (χ3n) is 3.07. The summed E-state index contributed by atoms with van der Waals surface area (Å²) in [6.45, 7) is 2.01. The minimum absolute atomic E-state index is 0.476. The van der Waals surface area contributed by atoms with E-state index in [4.69, 9.17) is 17.3 Å². The highest BCUT2D eigenvalue weighted by molar-refractivity contribution is 6.33. The highest BCUT2D eigenvalue weighted by Crippen LogP contribution is 2.28. The zero-order valence-electron chi connectivity index (χ0n) is 10.4. The van der Waals surface area contributed by atoms with Crippen LogP contribution < -0.4 is 5.73 Å². The molecule has 0 fully saturated rings. The van der Waals surface area contributed by atoms with E-state index < -0.39 is 0 Å². The van der Waals surface area contributed by atoms with Crippen molar-refractivity contribution in [3.8, 4) is 11.4 Å². The van der Waals surface area contributed by atoms with Gasteiger partial charge in [-0.25, -0.2) is 9.97 Å². The molecule has 19 heavy (non-hydrogen) atoms. The van der Waals surface area contributed by atoms with E-state index >= 15 is 0 Å². The normalized spacial score (nSPS) is 10.8. The number of aryl methyl sites for hydroxylation is 1. The van der Waals surface area contributed by atoms with E-state index in [1.807, 2.05) is 49.4 Å². The van der Waals surface area contributed by atoms with Crippen LogP contribution in [0.2, 0.25) is 5.02 Å². The van der Waals surface area contributed by atoms with Crippen molar-refractivity contribution in [2.75, 3.05) is 5.73 Å². The molecule has 1 heterocycles. The van der Waals surface area contributed by atoms with Gasteiger partial charge in [0.15, 0.2) is 5.82 Å². The van der Waals surface area contributed by atoms with Gasteiger partial charge in [0.2, 0.25) is 0 Å². The molecule has 3 nitrogen and oxygen atoms in total. The van der Waals surface area contributed by atoms with E-state index in [2.05, 4.69) is 9.97 Å². The molecule has 3 aromatic rings. The Morgan fingerprint density at radius 3 is 2.58 bits per heavy atom. The number of anilines is 1. The standard InChI is InChI=1S/C15H12ClN3/c1-9-5-4-7-11-13(9)18-15(19-14(11)17)10-6-2-3-8-12(10)16/h2-8H,1H3,(H2,17,18,19). The molecule has 0 radical (unpaired) electrons. The van der Waals surface area contributed by atoms with Crippen LogP contribution in [0.15, 0.2) is 42.5 Å². The van der Waals surface area contributed by atoms with Crippen LogP contribution in [-0.4, -0.2) is 9.97 Å². The largest absolute Gasteiger partial charge is 0.383 e. The van der Waals surface area contributed by atoms with E-state index in [0.29, 0.717) is 16.7 Å². The Morgan fingerprint density at radius 1 is 1.00 bits per heavy atom. The van der Waals surface area contributed by atoms with Gasteiger partial charge < -0.3 is 5.73 Å². The summed E-state index contributed by atoms with van der Waals surface area (Å²) < 4.78 is 0. The van der Waals surface area contributed by atoms with Gasteiger partial charge in [0.05, 0.1) is 10.5 Å². The van der Waals surface area contributed by atoms with Crippen LogP contribution in [-0.2, 0) is 0 Å². The molecule has 0 amide bonds. The smallest absolute Gasteiger partial charge is 0.163 e. The van der Waals surface area contributed by atoms with Crippen molar-refractivity contribution in [1.82, 2.24) is 9.97 Å². The van der Waals surface area contributed by atoms with Crippen molar-refractivity contribution in [2.24, 2.45) is 0 Å². The molecule has 0 spiro atoms. The number of aromatic nitrogens is 2. The Labute approximate surface area is 116 Å². The highest BCUT2D eigenvalue weighted by atomic mass is 35.5. The lowest BCUT2D eigenvalue weighted by Gasteiger charge is -2.08. The van der Waals surface area contributed by atoms with Crippen molar-refractivity contribution in [3.05, 3.63) is 53.1 Å². The van der Waals surface area contributed by atoms with Gasteiger partial charge in [0.25, 0.3) is 0 Å². The second-order valence-corrected chi connectivity index (χ2v) is 4.79. The number of hydrogen-bond acceptors (Lipinski definition) is 3. The van der Waals surface area contributed by atoms with Crippen LogP contribution in [0.3, 0.4) is 0 Å². The highest BCUT2D eigenvalue weighted by Gasteiger charge is 2.10. The van der Waals surface area contributed by atoms with E-state index in [1.165, 1.54) is 0 Å². The Bertz CT molecular complexity index is 768. The van der Waals surface area contributed by atoms with Gasteiger partial charge in [-0.15, -0.1) is 0 Å². The molecule has 0 aliphatic heterocycles. The number of nitrogens with two attached hydrogens (primary N) is 1. The average molecular weight is 270 g/mol. The summed E-state index contributed by atoms with van der Waals surface area (Å²) in [7, 11) is 0. The number of fused-ring (bicyclic) bond motifs is 1. The number of benzene rings is 2. The molecule has 0 aliphatic carbocycles. The first-order valence-electron chi connectivity index (χ1n) is 5.94. The third kappa shape index (κ3) is 2.02. The van der Waals surface area contributed by atoms with Crippen molar-refractivity contribution in [2.45, 2.75) is 6.92 Å². The second kappa shape index (κ2) is 4.52. The molecule has 2 N–H and O–H groups in total. The van der Waals surface area contributed by atoms with Crippen LogP contribution in [0.5, 0.6) is 0 Å². The van der Waals surface area contributed by atoms with Crippen molar-refractivity contribution in [1.29, 1.82) is 0 Å². The van der Waals surface area contributed by atoms with E-state index in [9.17, 15) is 0 Å². The number of rotatable bonds is 1. The first-order chi connectivity index (χ1) is 9.16. The maximum absolute atomic E-state index is 6.18. The lowest BCUT2D eigenvalue weighted by molar-refractivity contribution is 1.22. The van der Waals surface area contributed by atoms with Gasteiger partial charge in [-0.2, -0.15) is 0 Å². The Morgan fingerprint density at radius 2 is 1.79 bits per heavy atom. The molecule has 0 bridgehead atoms. The maximum Gasteiger partial charge on any atom is 0.163 e. The summed E-state index contributed by atoms with van der Waals surface area (Å²) in [5, 5.41) is 1.49. The lowest BCUT2D eigenvalue weighted by Crippen LogP contribution is -1.99. The topological polar surface area (TPSA) is 51.8 Å². The monoisotopic (exact) mass is 269 g/mol. The molecule has 0 saturated heterocycles. The minimum Gasteiger partial charge on any atom is -0.383 e. The molecule has 0 unspecified atom stereocenters. The maximum atomic E-state index is 6.18. The summed E-state index contributed by atoms with van der Waals surface area (Å²) in [6, 6.07) is 13.4. The molecular formula is C15H12ClN3. The quantitative estimate of drug-likeness (QED) is 0.730. The van der Waals surface area contributed by atoms with E-state index in [-0.39, 0.29) is 0 Å². The molecule has 3 rings (SSSR count). The summed E-state index contributed by atoms with van der Waals surface area (Å²) >= 11 is 6.18. The number of nitrogens with zero attached hydrogens (tertiary/aromatic N) is 2. The predicted molar refractivity (Wildman–Crippen MR) is 79.1 cm³/mol. The fraction of sp³-hybridized carbons (Fsp3) is 0.0667. The Balaban J connectivity index is 2.33. The number of nitrogen functional groups attached to an aromatic ring is 1. The minimum atomic E-state index is 0.476. The summed E-state index contributed by atoms with van der Waals surface area (Å²) in [5.74, 6) is 1.04. The van der Waals surface area contributed by atoms with Crippen LogP contribution in [0.4, 0.5) is 5.82 Å². The molecule has 0 saturated carbocycles. The zero-order chi connectivity index (χ0) is 13.4. The van der Waals surface area contributed by atoms with Crippen LogP contribution >= 0.6 is 11.6 Å². The zero-order valence-corrected chi connectivity index (χ0v) is 11.1. The molecule has 4 heteroatoms. The number of halogens is 1. The van der Waals surface area contributed by atoms with Gasteiger partial charge in [0.1, 0.15) is 5.82 Å². The fourth-order valence-corrected chi connectivity index (χ4v) is 2.30. The van der Waals surface area contributed by atoms with Gasteiger partial charge in [-0.3, -0.25) is 0 Å². The van der Waals surface area contributed by atoms with Crippen LogP contribution in [0.1, 0.15) is 5.56 Å². The van der Waals surface area contributed by atoms with Crippen molar-refractivity contribution >= 4 is 28.3 Å².